The molecule has 10 nitrogen and oxygen atoms in total. The van der Waals surface area contributed by atoms with Gasteiger partial charge < -0.3 is 76.2 Å². The second kappa shape index (κ2) is 34.0. The van der Waals surface area contributed by atoms with Crippen LogP contribution in [-0.4, -0.2) is 111 Å². The fraction of sp³-hybridized carbons (Fsp3) is 0.878. The van der Waals surface area contributed by atoms with Crippen LogP contribution in [0.15, 0.2) is 0 Å². The number of rotatable bonds is 27. The minimum atomic E-state index is -0.928. The van der Waals surface area contributed by atoms with Crippen molar-refractivity contribution in [2.24, 2.45) is 39.9 Å². The quantitative estimate of drug-likeness (QED) is 0.0218. The topological polar surface area (TPSA) is 121 Å². The number of likely N-dealkylation sites (N-methyl/N-ethyl adjacent to an activating group) is 1. The van der Waals surface area contributed by atoms with Gasteiger partial charge in [0.15, 0.2) is 0 Å². The minimum Gasteiger partial charge on any atom is -0.786 e. The van der Waals surface area contributed by atoms with Crippen molar-refractivity contribution in [3.05, 3.63) is 13.3 Å². The van der Waals surface area contributed by atoms with E-state index in [2.05, 4.69) is 72.0 Å². The number of nitrogens with zero attached hydrogens (tertiary/aromatic N) is 1. The van der Waals surface area contributed by atoms with Crippen molar-refractivity contribution >= 4 is 53.0 Å². The van der Waals surface area contributed by atoms with E-state index in [0.717, 1.165) is 19.0 Å². The molecule has 0 saturated heterocycles. The third-order valence-corrected chi connectivity index (χ3v) is 11.0. The van der Waals surface area contributed by atoms with Gasteiger partial charge in [-0.2, -0.15) is 6.92 Å². The molecular weight excluding hydrogens is 924 g/mol. The summed E-state index contributed by atoms with van der Waals surface area (Å²) < 4.78 is 27.1. The molecule has 3 unspecified atom stereocenters. The number of hydrogen-bond acceptors (Lipinski definition) is 13. The Balaban J connectivity index is -0.00000139. The molecule has 0 aliphatic carbocycles. The van der Waals surface area contributed by atoms with Gasteiger partial charge in [-0.15, -0.1) is 10.2 Å². The van der Waals surface area contributed by atoms with Crippen LogP contribution in [0.2, 0.25) is 0 Å². The van der Waals surface area contributed by atoms with E-state index in [1.807, 2.05) is 34.0 Å². The predicted molar refractivity (Wildman–Crippen MR) is 229 cm³/mol. The van der Waals surface area contributed by atoms with Crippen LogP contribution in [-0.2, 0) is 128 Å². The van der Waals surface area contributed by atoms with Crippen LogP contribution in [0.1, 0.15) is 110 Å². The number of aliphatic hydroxyl groups excluding tert-OH is 1. The van der Waals surface area contributed by atoms with Gasteiger partial charge in [0, 0.05) is 84.5 Å². The number of carbonyl (C=O) groups excluding carboxylic acids is 3. The number of carbonyl (C=O) groups is 3. The van der Waals surface area contributed by atoms with Crippen LogP contribution in [0, 0.1) is 53.3 Å². The Kier molecular flexibility index (Phi) is 40.5. The summed E-state index contributed by atoms with van der Waals surface area (Å²) in [5.74, 6) is -2.16. The maximum absolute atomic E-state index is 14.2. The van der Waals surface area contributed by atoms with Crippen LogP contribution < -0.4 is 0 Å². The van der Waals surface area contributed by atoms with Crippen molar-refractivity contribution < 1.29 is 109 Å². The zero-order valence-corrected chi connectivity index (χ0v) is 46.2. The maximum atomic E-state index is 14.2. The molecule has 0 amide bonds. The fourth-order valence-electron chi connectivity index (χ4n) is 6.75. The van der Waals surface area contributed by atoms with Crippen molar-refractivity contribution in [2.45, 2.75) is 115 Å². The molecule has 0 saturated carbocycles. The molecule has 0 aliphatic heterocycles. The van der Waals surface area contributed by atoms with Crippen molar-refractivity contribution in [1.82, 2.24) is 4.90 Å². The number of ether oxygens (including phenoxy) is 5. The molecule has 0 spiro atoms. The molecule has 0 aromatic carbocycles. The molecule has 0 heterocycles. The molecule has 0 aliphatic rings. The van der Waals surface area contributed by atoms with E-state index in [9.17, 15) is 19.5 Å². The van der Waals surface area contributed by atoms with Crippen molar-refractivity contribution in [2.75, 3.05) is 78.7 Å². The second-order valence-corrected chi connectivity index (χ2v) is 18.6. The first-order chi connectivity index (χ1) is 24.5. The second-order valence-electron chi connectivity index (χ2n) is 16.2. The first-order valence-electron chi connectivity index (χ1n) is 19.2. The van der Waals surface area contributed by atoms with E-state index in [1.54, 1.807) is 13.8 Å². The number of aliphatic hydroxyl groups is 1. The molecule has 0 bridgehead atoms. The molecule has 0 aromatic heterocycles. The normalized spacial score (nSPS) is 13.7. The van der Waals surface area contributed by atoms with Gasteiger partial charge >= 0.3 is 11.9 Å². The molecule has 0 aromatic rings. The summed E-state index contributed by atoms with van der Waals surface area (Å²) in [5, 5.41) is 9.36. The van der Waals surface area contributed by atoms with E-state index in [1.165, 1.54) is 10.8 Å². The zero-order valence-electron chi connectivity index (χ0n) is 38.0. The van der Waals surface area contributed by atoms with Gasteiger partial charge in [0.2, 0.25) is 0 Å². The summed E-state index contributed by atoms with van der Waals surface area (Å²) in [6.45, 7) is 32.0. The summed E-state index contributed by atoms with van der Waals surface area (Å²) in [5.41, 5.74) is -2.10. The third-order valence-electron chi connectivity index (χ3n) is 10.7. The Bertz CT molecular complexity index is 1030. The van der Waals surface area contributed by atoms with E-state index in [-0.39, 0.29) is 124 Å². The smallest absolute Gasteiger partial charge is 0.309 e. The van der Waals surface area contributed by atoms with Gasteiger partial charge in [-0.05, 0) is 49.4 Å². The van der Waals surface area contributed by atoms with Crippen LogP contribution in [0.4, 0.5) is 0 Å². The molecule has 3 atom stereocenters. The SMILES string of the molecule is CCOCCOCCOC(=O)C(CC(C)C)C(C)(C)C(C)(C)CC(C(=O)OCCN(CC)CC)[C-](C)C(C)(C)C(C(=O)OCCO)C(C)(C)[S-].CS[S-].[CH3-].[Y].[Y]. The number of esters is 3. The molecule has 56 heavy (non-hydrogen) atoms. The van der Waals surface area contributed by atoms with E-state index >= 15 is 0 Å². The molecule has 0 fully saturated rings. The zero-order chi connectivity index (χ0) is 41.6. The van der Waals surface area contributed by atoms with Crippen LogP contribution in [0.25, 0.3) is 0 Å². The Morgan fingerprint density at radius 3 is 1.70 bits per heavy atom. The van der Waals surface area contributed by atoms with Crippen LogP contribution in [0.5, 0.6) is 0 Å². The van der Waals surface area contributed by atoms with Gasteiger partial charge in [0.05, 0.1) is 32.3 Å². The Hall–Kier alpha value is 1.51. The van der Waals surface area contributed by atoms with E-state index < -0.39 is 44.7 Å². The summed E-state index contributed by atoms with van der Waals surface area (Å²) in [4.78, 5) is 43.6. The molecule has 1 N–H and O–H groups in total. The van der Waals surface area contributed by atoms with Gasteiger partial charge in [0.1, 0.15) is 19.8 Å². The predicted octanol–water partition coefficient (Wildman–Crippen LogP) is 7.54. The molecule has 0 rings (SSSR count). The average Bonchev–Trinajstić information content (AvgIpc) is 3.05. The van der Waals surface area contributed by atoms with Crippen LogP contribution in [0.3, 0.4) is 0 Å². The van der Waals surface area contributed by atoms with Crippen LogP contribution >= 0.6 is 10.8 Å². The molecule has 2 radical (unpaired) electrons. The largest absolute Gasteiger partial charge is 0.786 e. The molecular formula is C41H79NO9S3Y2-4. The molecule has 330 valence electrons. The number of hydrogen-bond donors (Lipinski definition) is 1. The minimum absolute atomic E-state index is 0. The first-order valence-corrected chi connectivity index (χ1v) is 21.7. The average molecular weight is 1000 g/mol. The van der Waals surface area contributed by atoms with Gasteiger partial charge in [-0.3, -0.25) is 20.3 Å². The standard InChI is InChI=1S/C39H74NO9S.CH4S2.CH3.2Y/c1-15-40(16-2)18-20-47-33(42)30(29(6)37(9,10)32(39(13,14)50)35(44)48-21-19-41)27-36(7,8)38(11,12)31(26-28(4)5)34(43)49-25-24-46-23-22-45-17-3;1-3-2;;;/h28,30-32,41,50H,15-27H2,1-14H3;2H,1H3;1H3;;/q-1;;-1;;/p-2. The van der Waals surface area contributed by atoms with Gasteiger partial charge in [-0.25, -0.2) is 0 Å². The van der Waals surface area contributed by atoms with E-state index in [4.69, 9.17) is 36.3 Å². The summed E-state index contributed by atoms with van der Waals surface area (Å²) >= 11 is 10.2. The summed E-state index contributed by atoms with van der Waals surface area (Å²) in [6.07, 6.45) is 2.82. The van der Waals surface area contributed by atoms with E-state index in [0.29, 0.717) is 39.2 Å². The van der Waals surface area contributed by atoms with Crippen molar-refractivity contribution in [3.8, 4) is 0 Å². The van der Waals surface area contributed by atoms with Crippen molar-refractivity contribution in [1.29, 1.82) is 0 Å². The maximum Gasteiger partial charge on any atom is 0.309 e. The van der Waals surface area contributed by atoms with Gasteiger partial charge in [0.25, 0.3) is 5.97 Å². The first kappa shape index (κ1) is 66.6. The Morgan fingerprint density at radius 2 is 1.25 bits per heavy atom. The Labute approximate surface area is 409 Å². The summed E-state index contributed by atoms with van der Waals surface area (Å²) in [6, 6.07) is 0. The monoisotopic (exact) mass is 1000 g/mol. The Morgan fingerprint density at radius 1 is 0.786 bits per heavy atom. The van der Waals surface area contributed by atoms with Crippen molar-refractivity contribution in [3.63, 3.8) is 0 Å². The molecule has 15 heteroatoms. The fourth-order valence-corrected chi connectivity index (χ4v) is 7.14. The third kappa shape index (κ3) is 24.2. The van der Waals surface area contributed by atoms with Gasteiger partial charge in [-0.1, -0.05) is 95.4 Å². The summed E-state index contributed by atoms with van der Waals surface area (Å²) in [7, 11) is 1.33.